The Balaban J connectivity index is 1.13. The molecule has 2 aliphatic rings. The standard InChI is InChI=1S/C54H33N3S/c1-2-16-35(17-3-1)53-56-48(33-49(57-53)43-32-37(31-36-18-5-6-19-38(36)43)51-39-20-7-4-15-34(39)29-30-55-51)42-23-14-27-47-52(42)58-50-28-13-12-26-46(50)54(47)44-24-10-8-21-40(44)41-22-9-11-25-45(41)54/h1-33H. The Morgan fingerprint density at radius 2 is 1.00 bits per heavy atom. The van der Waals surface area contributed by atoms with Gasteiger partial charge >= 0.3 is 0 Å². The van der Waals surface area contributed by atoms with E-state index < -0.39 is 5.41 Å². The van der Waals surface area contributed by atoms with Crippen molar-refractivity contribution in [2.24, 2.45) is 0 Å². The number of benzene rings is 8. The van der Waals surface area contributed by atoms with Crippen molar-refractivity contribution in [3.8, 4) is 56.3 Å². The Labute approximate surface area is 340 Å². The second kappa shape index (κ2) is 13.0. The van der Waals surface area contributed by atoms with Crippen molar-refractivity contribution in [1.82, 2.24) is 15.0 Å². The maximum atomic E-state index is 5.43. The van der Waals surface area contributed by atoms with E-state index in [1.165, 1.54) is 43.2 Å². The van der Waals surface area contributed by atoms with Gasteiger partial charge in [0.25, 0.3) is 0 Å². The molecule has 0 N–H and O–H groups in total. The monoisotopic (exact) mass is 755 g/mol. The smallest absolute Gasteiger partial charge is 0.160 e. The Morgan fingerprint density at radius 1 is 0.397 bits per heavy atom. The van der Waals surface area contributed by atoms with Crippen molar-refractivity contribution in [2.45, 2.75) is 15.2 Å². The minimum absolute atomic E-state index is 0.478. The van der Waals surface area contributed by atoms with Gasteiger partial charge in [0.1, 0.15) is 0 Å². The van der Waals surface area contributed by atoms with E-state index in [0.29, 0.717) is 5.82 Å². The summed E-state index contributed by atoms with van der Waals surface area (Å²) in [7, 11) is 0. The van der Waals surface area contributed by atoms with Crippen LogP contribution in [0.5, 0.6) is 0 Å². The minimum atomic E-state index is -0.478. The summed E-state index contributed by atoms with van der Waals surface area (Å²) in [5, 5.41) is 4.55. The molecule has 8 aromatic carbocycles. The predicted molar refractivity (Wildman–Crippen MR) is 238 cm³/mol. The molecule has 58 heavy (non-hydrogen) atoms. The predicted octanol–water partition coefficient (Wildman–Crippen LogP) is 13.7. The van der Waals surface area contributed by atoms with E-state index in [9.17, 15) is 0 Å². The average molecular weight is 756 g/mol. The molecule has 0 bridgehead atoms. The molecule has 0 amide bonds. The van der Waals surface area contributed by atoms with Crippen molar-refractivity contribution < 1.29 is 0 Å². The Hall–Kier alpha value is -7.14. The van der Waals surface area contributed by atoms with Gasteiger partial charge in [0, 0.05) is 43.6 Å². The quantitative estimate of drug-likeness (QED) is 0.179. The van der Waals surface area contributed by atoms with Crippen molar-refractivity contribution in [3.63, 3.8) is 0 Å². The van der Waals surface area contributed by atoms with E-state index in [1.54, 1.807) is 0 Å². The summed E-state index contributed by atoms with van der Waals surface area (Å²) in [6.07, 6.45) is 1.91. The average Bonchev–Trinajstić information content (AvgIpc) is 3.59. The molecule has 270 valence electrons. The van der Waals surface area contributed by atoms with Crippen molar-refractivity contribution in [2.75, 3.05) is 0 Å². The summed E-state index contributed by atoms with van der Waals surface area (Å²) >= 11 is 1.85. The van der Waals surface area contributed by atoms with Crippen LogP contribution in [0.1, 0.15) is 22.3 Å². The molecule has 0 radical (unpaired) electrons. The fourth-order valence-electron chi connectivity index (χ4n) is 9.53. The SMILES string of the molecule is c1ccc(-c2nc(-c3cccc4c3Sc3ccccc3C43c4ccccc4-c4ccccc43)cc(-c3cc(-c4nccc5ccccc45)cc4ccccc34)n2)cc1. The first kappa shape index (κ1) is 33.0. The van der Waals surface area contributed by atoms with Crippen LogP contribution in [0.2, 0.25) is 0 Å². The van der Waals surface area contributed by atoms with Gasteiger partial charge in [-0.3, -0.25) is 4.98 Å². The molecule has 3 nitrogen and oxygen atoms in total. The summed E-state index contributed by atoms with van der Waals surface area (Å²) in [5.41, 5.74) is 14.2. The molecule has 0 saturated carbocycles. The third kappa shape index (κ3) is 4.85. The molecule has 10 aromatic rings. The third-order valence-corrected chi connectivity index (χ3v) is 13.2. The van der Waals surface area contributed by atoms with Crippen molar-refractivity contribution in [3.05, 3.63) is 223 Å². The van der Waals surface area contributed by atoms with Gasteiger partial charge in [-0.25, -0.2) is 9.97 Å². The molecule has 2 aromatic heterocycles. The van der Waals surface area contributed by atoms with Gasteiger partial charge in [-0.1, -0.05) is 176 Å². The molecule has 0 atom stereocenters. The zero-order valence-corrected chi connectivity index (χ0v) is 32.1. The second-order valence-electron chi connectivity index (χ2n) is 15.1. The van der Waals surface area contributed by atoms with Gasteiger partial charge < -0.3 is 0 Å². The normalized spacial score (nSPS) is 13.2. The topological polar surface area (TPSA) is 38.7 Å². The Bertz CT molecular complexity index is 3230. The summed E-state index contributed by atoms with van der Waals surface area (Å²) < 4.78 is 0. The highest BCUT2D eigenvalue weighted by Crippen LogP contribution is 2.63. The van der Waals surface area contributed by atoms with Gasteiger partial charge in [0.05, 0.1) is 22.5 Å². The number of pyridine rings is 1. The molecule has 1 spiro atoms. The lowest BCUT2D eigenvalue weighted by Crippen LogP contribution is -2.32. The van der Waals surface area contributed by atoms with Crippen LogP contribution in [0.4, 0.5) is 0 Å². The van der Waals surface area contributed by atoms with Crippen LogP contribution in [-0.4, -0.2) is 15.0 Å². The highest BCUT2D eigenvalue weighted by Gasteiger charge is 2.50. The Kier molecular flexibility index (Phi) is 7.38. The maximum absolute atomic E-state index is 5.43. The van der Waals surface area contributed by atoms with Gasteiger partial charge in [-0.05, 0) is 79.9 Å². The molecule has 12 rings (SSSR count). The highest BCUT2D eigenvalue weighted by atomic mass is 32.2. The first-order valence-electron chi connectivity index (χ1n) is 19.7. The first-order chi connectivity index (χ1) is 28.8. The lowest BCUT2D eigenvalue weighted by atomic mass is 9.67. The summed E-state index contributed by atoms with van der Waals surface area (Å²) in [4.78, 5) is 18.2. The summed E-state index contributed by atoms with van der Waals surface area (Å²) in [6, 6.07) is 70.0. The van der Waals surface area contributed by atoms with E-state index >= 15 is 0 Å². The van der Waals surface area contributed by atoms with Gasteiger partial charge in [0.2, 0.25) is 0 Å². The fourth-order valence-corrected chi connectivity index (χ4v) is 10.8. The zero-order chi connectivity index (χ0) is 38.2. The van der Waals surface area contributed by atoms with E-state index in [-0.39, 0.29) is 0 Å². The zero-order valence-electron chi connectivity index (χ0n) is 31.3. The minimum Gasteiger partial charge on any atom is -0.256 e. The summed E-state index contributed by atoms with van der Waals surface area (Å²) in [6.45, 7) is 0. The molecule has 0 unspecified atom stereocenters. The molecule has 0 saturated heterocycles. The number of hydrogen-bond donors (Lipinski definition) is 0. The van der Waals surface area contributed by atoms with Crippen LogP contribution >= 0.6 is 11.8 Å². The van der Waals surface area contributed by atoms with Crippen LogP contribution in [0.15, 0.2) is 210 Å². The maximum Gasteiger partial charge on any atom is 0.160 e. The van der Waals surface area contributed by atoms with Crippen LogP contribution in [0.3, 0.4) is 0 Å². The molecular weight excluding hydrogens is 723 g/mol. The lowest BCUT2D eigenvalue weighted by Gasteiger charge is -2.40. The fraction of sp³-hybridized carbons (Fsp3) is 0.0185. The van der Waals surface area contributed by atoms with Crippen LogP contribution in [0.25, 0.3) is 77.8 Å². The summed E-state index contributed by atoms with van der Waals surface area (Å²) in [5.74, 6) is 0.691. The van der Waals surface area contributed by atoms with Crippen LogP contribution in [0, 0.1) is 0 Å². The van der Waals surface area contributed by atoms with E-state index in [0.717, 1.165) is 60.9 Å². The number of nitrogens with zero attached hydrogens (tertiary/aromatic N) is 3. The first-order valence-corrected chi connectivity index (χ1v) is 20.5. The largest absolute Gasteiger partial charge is 0.256 e. The molecule has 0 fully saturated rings. The van der Waals surface area contributed by atoms with E-state index in [4.69, 9.17) is 15.0 Å². The van der Waals surface area contributed by atoms with Crippen LogP contribution < -0.4 is 0 Å². The van der Waals surface area contributed by atoms with Gasteiger partial charge in [0.15, 0.2) is 5.82 Å². The lowest BCUT2D eigenvalue weighted by molar-refractivity contribution is 0.723. The molecular formula is C54H33N3S. The highest BCUT2D eigenvalue weighted by molar-refractivity contribution is 7.99. The van der Waals surface area contributed by atoms with Crippen molar-refractivity contribution in [1.29, 1.82) is 0 Å². The Morgan fingerprint density at radius 3 is 1.79 bits per heavy atom. The third-order valence-electron chi connectivity index (χ3n) is 12.0. The molecule has 4 heteroatoms. The van der Waals surface area contributed by atoms with Crippen molar-refractivity contribution >= 4 is 33.3 Å². The van der Waals surface area contributed by atoms with Crippen LogP contribution in [-0.2, 0) is 5.41 Å². The molecule has 1 aliphatic carbocycles. The van der Waals surface area contributed by atoms with Gasteiger partial charge in [-0.2, -0.15) is 0 Å². The number of aromatic nitrogens is 3. The van der Waals surface area contributed by atoms with E-state index in [1.807, 2.05) is 24.0 Å². The van der Waals surface area contributed by atoms with E-state index in [2.05, 4.69) is 188 Å². The number of fused-ring (bicyclic) bond motifs is 11. The molecule has 3 heterocycles. The molecule has 1 aliphatic heterocycles. The second-order valence-corrected chi connectivity index (χ2v) is 16.1. The number of rotatable bonds is 4. The number of hydrogen-bond acceptors (Lipinski definition) is 4. The van der Waals surface area contributed by atoms with Gasteiger partial charge in [-0.15, -0.1) is 0 Å².